The third kappa shape index (κ3) is 2.41. The summed E-state index contributed by atoms with van der Waals surface area (Å²) < 4.78 is 0.988. The minimum Gasteiger partial charge on any atom is -0.388 e. The highest BCUT2D eigenvalue weighted by atomic mass is 79.9. The lowest BCUT2D eigenvalue weighted by molar-refractivity contribution is 0.111. The quantitative estimate of drug-likeness (QED) is 0.912. The number of fused-ring (bicyclic) bond motifs is 1. The van der Waals surface area contributed by atoms with Crippen molar-refractivity contribution < 1.29 is 5.11 Å². The van der Waals surface area contributed by atoms with Gasteiger partial charge in [-0.15, -0.1) is 0 Å². The highest BCUT2D eigenvalue weighted by molar-refractivity contribution is 9.10. The van der Waals surface area contributed by atoms with Crippen LogP contribution in [-0.2, 0) is 0 Å². The van der Waals surface area contributed by atoms with Gasteiger partial charge in [-0.25, -0.2) is 0 Å². The second-order valence-corrected chi connectivity index (χ2v) is 5.24. The van der Waals surface area contributed by atoms with Gasteiger partial charge in [-0.1, -0.05) is 35.0 Å². The van der Waals surface area contributed by atoms with Crippen molar-refractivity contribution in [1.29, 1.82) is 0 Å². The minimum absolute atomic E-state index is 0.0661. The number of hydrogen-bond acceptors (Lipinski definition) is 3. The number of nitrogens with two attached hydrogens (primary N) is 1. The van der Waals surface area contributed by atoms with Gasteiger partial charge in [-0.2, -0.15) is 0 Å². The topological polar surface area (TPSA) is 59.1 Å². The summed E-state index contributed by atoms with van der Waals surface area (Å²) in [4.78, 5) is 4.38. The molecule has 0 bridgehead atoms. The van der Waals surface area contributed by atoms with E-state index in [1.165, 1.54) is 0 Å². The van der Waals surface area contributed by atoms with E-state index in [1.54, 1.807) is 6.20 Å². The summed E-state index contributed by atoms with van der Waals surface area (Å²) in [7, 11) is 0. The first-order valence-electron chi connectivity index (χ1n) is 6.10. The van der Waals surface area contributed by atoms with Crippen molar-refractivity contribution >= 4 is 26.8 Å². The van der Waals surface area contributed by atoms with Gasteiger partial charge in [0.05, 0.1) is 11.6 Å². The van der Waals surface area contributed by atoms with Crippen LogP contribution in [0.25, 0.3) is 10.9 Å². The Hall–Kier alpha value is -0.970. The van der Waals surface area contributed by atoms with Crippen LogP contribution in [0.1, 0.15) is 25.0 Å². The number of halogens is 1. The van der Waals surface area contributed by atoms with Crippen molar-refractivity contribution in [3.05, 3.63) is 40.5 Å². The van der Waals surface area contributed by atoms with Crippen LogP contribution in [0.4, 0.5) is 0 Å². The molecule has 1 heterocycles. The second-order valence-electron chi connectivity index (χ2n) is 4.39. The molecule has 4 heteroatoms. The smallest absolute Gasteiger partial charge is 0.0851 e. The number of hydrogen-bond donors (Lipinski definition) is 2. The van der Waals surface area contributed by atoms with Gasteiger partial charge in [0.1, 0.15) is 0 Å². The molecule has 1 aromatic carbocycles. The maximum absolute atomic E-state index is 10.4. The monoisotopic (exact) mass is 308 g/mol. The molecular formula is C14H17BrN2O. The molecule has 3 N–H and O–H groups in total. The van der Waals surface area contributed by atoms with Crippen molar-refractivity contribution in [1.82, 2.24) is 4.98 Å². The normalized spacial score (nSPS) is 14.7. The van der Waals surface area contributed by atoms with Gasteiger partial charge >= 0.3 is 0 Å². The average molecular weight is 309 g/mol. The molecule has 0 fully saturated rings. The first-order valence-corrected chi connectivity index (χ1v) is 6.89. The first-order chi connectivity index (χ1) is 8.69. The lowest BCUT2D eigenvalue weighted by Gasteiger charge is -2.21. The van der Waals surface area contributed by atoms with Crippen molar-refractivity contribution in [3.8, 4) is 0 Å². The van der Waals surface area contributed by atoms with Gasteiger partial charge in [-0.05, 0) is 25.1 Å². The maximum atomic E-state index is 10.4. The Balaban J connectivity index is 2.54. The Labute approximate surface area is 115 Å². The zero-order valence-corrected chi connectivity index (χ0v) is 11.9. The molecule has 96 valence electrons. The van der Waals surface area contributed by atoms with Gasteiger partial charge in [0.25, 0.3) is 0 Å². The number of nitrogens with zero attached hydrogens (tertiary/aromatic N) is 1. The molecule has 2 rings (SSSR count). The number of pyridine rings is 1. The van der Waals surface area contributed by atoms with Crippen LogP contribution in [0.15, 0.2) is 34.9 Å². The summed E-state index contributed by atoms with van der Waals surface area (Å²) in [6, 6.07) is 7.75. The van der Waals surface area contributed by atoms with Crippen LogP contribution in [0.2, 0.25) is 0 Å². The molecule has 0 spiro atoms. The van der Waals surface area contributed by atoms with E-state index in [4.69, 9.17) is 5.73 Å². The van der Waals surface area contributed by atoms with Crippen LogP contribution in [0.5, 0.6) is 0 Å². The molecule has 3 nitrogen and oxygen atoms in total. The predicted molar refractivity (Wildman–Crippen MR) is 77.2 cm³/mol. The van der Waals surface area contributed by atoms with E-state index < -0.39 is 6.10 Å². The van der Waals surface area contributed by atoms with Gasteiger partial charge in [0.15, 0.2) is 0 Å². The number of benzene rings is 1. The SMILES string of the molecule is CCC(CN)C(O)c1ccc(Br)c2cccnc12. The van der Waals surface area contributed by atoms with Crippen LogP contribution in [0.3, 0.4) is 0 Å². The Bertz CT molecular complexity index is 540. The molecule has 2 unspecified atom stereocenters. The minimum atomic E-state index is -0.564. The molecule has 1 aromatic heterocycles. The molecule has 0 saturated heterocycles. The van der Waals surface area contributed by atoms with E-state index in [0.717, 1.165) is 27.4 Å². The number of aromatic nitrogens is 1. The largest absolute Gasteiger partial charge is 0.388 e. The van der Waals surface area contributed by atoms with Crippen LogP contribution < -0.4 is 5.73 Å². The van der Waals surface area contributed by atoms with Crippen LogP contribution >= 0.6 is 15.9 Å². The van der Waals surface area contributed by atoms with Gasteiger partial charge in [0, 0.05) is 27.5 Å². The van der Waals surface area contributed by atoms with Crippen molar-refractivity contribution in [3.63, 3.8) is 0 Å². The highest BCUT2D eigenvalue weighted by Crippen LogP contribution is 2.32. The first kappa shape index (κ1) is 13.5. The standard InChI is InChI=1S/C14H17BrN2O/c1-2-9(8-16)14(18)11-5-6-12(15)10-4-3-7-17-13(10)11/h3-7,9,14,18H,2,8,16H2,1H3. The van der Waals surface area contributed by atoms with Crippen molar-refractivity contribution in [2.75, 3.05) is 6.54 Å². The van der Waals surface area contributed by atoms with Crippen LogP contribution in [-0.4, -0.2) is 16.6 Å². The lowest BCUT2D eigenvalue weighted by atomic mass is 9.92. The molecule has 0 aliphatic heterocycles. The number of aliphatic hydroxyl groups is 1. The maximum Gasteiger partial charge on any atom is 0.0851 e. The Morgan fingerprint density at radius 3 is 2.83 bits per heavy atom. The average Bonchev–Trinajstić information content (AvgIpc) is 2.41. The Morgan fingerprint density at radius 2 is 2.17 bits per heavy atom. The Kier molecular flexibility index (Phi) is 4.32. The summed E-state index contributed by atoms with van der Waals surface area (Å²) in [6.07, 6.45) is 2.03. The summed E-state index contributed by atoms with van der Waals surface area (Å²) in [5.41, 5.74) is 7.40. The van der Waals surface area contributed by atoms with E-state index in [9.17, 15) is 5.11 Å². The molecule has 2 atom stereocenters. The fourth-order valence-electron chi connectivity index (χ4n) is 2.17. The molecule has 0 radical (unpaired) electrons. The van der Waals surface area contributed by atoms with Crippen molar-refractivity contribution in [2.45, 2.75) is 19.4 Å². The summed E-state index contributed by atoms with van der Waals surface area (Å²) in [5.74, 6) is 0.0661. The highest BCUT2D eigenvalue weighted by Gasteiger charge is 2.20. The van der Waals surface area contributed by atoms with Gasteiger partial charge < -0.3 is 10.8 Å². The molecule has 0 saturated carbocycles. The molecule has 0 aliphatic carbocycles. The molecule has 18 heavy (non-hydrogen) atoms. The summed E-state index contributed by atoms with van der Waals surface area (Å²) in [5, 5.41) is 11.4. The number of rotatable bonds is 4. The van der Waals surface area contributed by atoms with E-state index in [1.807, 2.05) is 31.2 Å². The third-order valence-electron chi connectivity index (χ3n) is 3.34. The third-order valence-corrected chi connectivity index (χ3v) is 4.03. The zero-order chi connectivity index (χ0) is 13.1. The summed E-state index contributed by atoms with van der Waals surface area (Å²) in [6.45, 7) is 2.51. The van der Waals surface area contributed by atoms with Gasteiger partial charge in [0.2, 0.25) is 0 Å². The number of aliphatic hydroxyl groups excluding tert-OH is 1. The predicted octanol–water partition coefficient (Wildman–Crippen LogP) is 3.02. The van der Waals surface area contributed by atoms with Gasteiger partial charge in [-0.3, -0.25) is 4.98 Å². The lowest BCUT2D eigenvalue weighted by Crippen LogP contribution is -2.21. The molecule has 0 aliphatic rings. The molecule has 2 aromatic rings. The van der Waals surface area contributed by atoms with E-state index in [0.29, 0.717) is 6.54 Å². The molecular weight excluding hydrogens is 292 g/mol. The second kappa shape index (κ2) is 5.78. The van der Waals surface area contributed by atoms with Crippen molar-refractivity contribution in [2.24, 2.45) is 11.7 Å². The molecule has 0 amide bonds. The fourth-order valence-corrected chi connectivity index (χ4v) is 2.62. The van der Waals surface area contributed by atoms with E-state index in [2.05, 4.69) is 20.9 Å². The van der Waals surface area contributed by atoms with Crippen LogP contribution in [0, 0.1) is 5.92 Å². The Morgan fingerprint density at radius 1 is 1.39 bits per heavy atom. The van der Waals surface area contributed by atoms with E-state index >= 15 is 0 Å². The fraction of sp³-hybridized carbons (Fsp3) is 0.357. The summed E-state index contributed by atoms with van der Waals surface area (Å²) >= 11 is 3.50. The zero-order valence-electron chi connectivity index (χ0n) is 10.3. The van der Waals surface area contributed by atoms with E-state index in [-0.39, 0.29) is 5.92 Å².